The Morgan fingerprint density at radius 3 is 2.36 bits per heavy atom. The van der Waals surface area contributed by atoms with Crippen LogP contribution in [-0.2, 0) is 27.7 Å². The highest BCUT2D eigenvalue weighted by Gasteiger charge is 2.43. The van der Waals surface area contributed by atoms with Crippen LogP contribution in [0.3, 0.4) is 0 Å². The van der Waals surface area contributed by atoms with Crippen molar-refractivity contribution < 1.29 is 23.1 Å². The molecule has 0 fully saturated rings. The van der Waals surface area contributed by atoms with Crippen LogP contribution in [-0.4, -0.2) is 40.9 Å². The summed E-state index contributed by atoms with van der Waals surface area (Å²) in [5.41, 5.74) is 2.39. The number of esters is 1. The maximum absolute atomic E-state index is 13.5. The van der Waals surface area contributed by atoms with Gasteiger partial charge in [-0.15, -0.1) is 0 Å². The Morgan fingerprint density at radius 1 is 1.03 bits per heavy atom. The Morgan fingerprint density at radius 2 is 1.70 bits per heavy atom. The highest BCUT2D eigenvalue weighted by Crippen LogP contribution is 2.38. The SMILES string of the molecule is CC(C)OC(=O)c1ccc(C[C@@H]2[C@H](O)c3ccccc3S(=O)(=O)N2Cc2ccncc2)cc1. The van der Waals surface area contributed by atoms with Crippen molar-refractivity contribution in [3.05, 3.63) is 95.3 Å². The second kappa shape index (κ2) is 9.43. The van der Waals surface area contributed by atoms with E-state index in [2.05, 4.69) is 4.98 Å². The van der Waals surface area contributed by atoms with Crippen LogP contribution in [0.5, 0.6) is 0 Å². The molecule has 7 nitrogen and oxygen atoms in total. The molecule has 1 aromatic heterocycles. The van der Waals surface area contributed by atoms with Gasteiger partial charge in [0.2, 0.25) is 10.0 Å². The Bertz CT molecular complexity index is 1230. The highest BCUT2D eigenvalue weighted by atomic mass is 32.2. The van der Waals surface area contributed by atoms with Gasteiger partial charge in [0.15, 0.2) is 0 Å². The van der Waals surface area contributed by atoms with Gasteiger partial charge < -0.3 is 9.84 Å². The van der Waals surface area contributed by atoms with E-state index in [1.165, 1.54) is 10.4 Å². The molecule has 1 N–H and O–H groups in total. The van der Waals surface area contributed by atoms with Gasteiger partial charge in [0, 0.05) is 24.5 Å². The molecule has 33 heavy (non-hydrogen) atoms. The fraction of sp³-hybridized carbons (Fsp3) is 0.280. The number of fused-ring (bicyclic) bond motifs is 1. The van der Waals surface area contributed by atoms with Gasteiger partial charge >= 0.3 is 5.97 Å². The first kappa shape index (κ1) is 23.1. The second-order valence-corrected chi connectivity index (χ2v) is 10.2. The van der Waals surface area contributed by atoms with Crippen LogP contribution in [0.4, 0.5) is 0 Å². The minimum Gasteiger partial charge on any atom is -0.459 e. The van der Waals surface area contributed by atoms with E-state index in [4.69, 9.17) is 4.74 Å². The Balaban J connectivity index is 1.67. The molecule has 3 aromatic rings. The monoisotopic (exact) mass is 466 g/mol. The summed E-state index contributed by atoms with van der Waals surface area (Å²) in [7, 11) is -3.84. The Hall–Kier alpha value is -3.07. The summed E-state index contributed by atoms with van der Waals surface area (Å²) in [6.07, 6.45) is 2.28. The van der Waals surface area contributed by atoms with Gasteiger partial charge in [-0.25, -0.2) is 13.2 Å². The van der Waals surface area contributed by atoms with E-state index in [0.717, 1.165) is 11.1 Å². The molecular formula is C25H26N2O5S. The first-order valence-corrected chi connectivity index (χ1v) is 12.2. The zero-order chi connectivity index (χ0) is 23.6. The lowest BCUT2D eigenvalue weighted by molar-refractivity contribution is 0.0378. The summed E-state index contributed by atoms with van der Waals surface area (Å²) >= 11 is 0. The number of hydrogen-bond donors (Lipinski definition) is 1. The number of sulfonamides is 1. The smallest absolute Gasteiger partial charge is 0.338 e. The minimum atomic E-state index is -3.84. The lowest BCUT2D eigenvalue weighted by atomic mass is 9.95. The summed E-state index contributed by atoms with van der Waals surface area (Å²) in [4.78, 5) is 16.2. The molecule has 4 rings (SSSR count). The van der Waals surface area contributed by atoms with E-state index in [9.17, 15) is 18.3 Å². The van der Waals surface area contributed by atoms with Crippen molar-refractivity contribution in [2.75, 3.05) is 0 Å². The average Bonchev–Trinajstić information content (AvgIpc) is 2.80. The van der Waals surface area contributed by atoms with Crippen molar-refractivity contribution in [1.82, 2.24) is 9.29 Å². The van der Waals surface area contributed by atoms with Gasteiger partial charge in [0.05, 0.1) is 28.7 Å². The third-order valence-electron chi connectivity index (χ3n) is 5.62. The van der Waals surface area contributed by atoms with Gasteiger partial charge in [-0.3, -0.25) is 4.98 Å². The molecule has 2 atom stereocenters. The van der Waals surface area contributed by atoms with Crippen LogP contribution >= 0.6 is 0 Å². The van der Waals surface area contributed by atoms with Gasteiger partial charge in [-0.2, -0.15) is 4.31 Å². The molecule has 0 amide bonds. The van der Waals surface area contributed by atoms with Crippen LogP contribution in [0.1, 0.15) is 47.0 Å². The van der Waals surface area contributed by atoms with Crippen molar-refractivity contribution in [3.8, 4) is 0 Å². The molecule has 1 aliphatic rings. The predicted octanol–water partition coefficient (Wildman–Crippen LogP) is 3.50. The second-order valence-electron chi connectivity index (χ2n) is 8.31. The number of benzene rings is 2. The van der Waals surface area contributed by atoms with Gasteiger partial charge in [-0.05, 0) is 61.7 Å². The number of rotatable bonds is 6. The predicted molar refractivity (Wildman–Crippen MR) is 123 cm³/mol. The minimum absolute atomic E-state index is 0.111. The molecule has 2 aromatic carbocycles. The topological polar surface area (TPSA) is 96.8 Å². The summed E-state index contributed by atoms with van der Waals surface area (Å²) in [5.74, 6) is -0.412. The average molecular weight is 467 g/mol. The lowest BCUT2D eigenvalue weighted by Gasteiger charge is -2.39. The third-order valence-corrected chi connectivity index (χ3v) is 7.57. The molecule has 0 spiro atoms. The van der Waals surface area contributed by atoms with Crippen molar-refractivity contribution >= 4 is 16.0 Å². The number of aliphatic hydroxyl groups excluding tert-OH is 1. The maximum Gasteiger partial charge on any atom is 0.338 e. The number of nitrogens with zero attached hydrogens (tertiary/aromatic N) is 2. The number of carbonyl (C=O) groups is 1. The first-order valence-electron chi connectivity index (χ1n) is 10.7. The fourth-order valence-electron chi connectivity index (χ4n) is 4.01. The van der Waals surface area contributed by atoms with Gasteiger partial charge in [-0.1, -0.05) is 30.3 Å². The zero-order valence-electron chi connectivity index (χ0n) is 18.5. The Kier molecular flexibility index (Phi) is 6.60. The summed E-state index contributed by atoms with van der Waals surface area (Å²) in [6.45, 7) is 3.68. The van der Waals surface area contributed by atoms with Gasteiger partial charge in [0.1, 0.15) is 0 Å². The molecule has 0 saturated carbocycles. The third kappa shape index (κ3) is 4.83. The van der Waals surface area contributed by atoms with Crippen LogP contribution in [0, 0.1) is 0 Å². The number of hydrogen-bond acceptors (Lipinski definition) is 6. The van der Waals surface area contributed by atoms with E-state index >= 15 is 0 Å². The molecular weight excluding hydrogens is 440 g/mol. The van der Waals surface area contributed by atoms with E-state index in [1.807, 2.05) is 0 Å². The summed E-state index contributed by atoms with van der Waals surface area (Å²) in [6, 6.07) is 16.2. The van der Waals surface area contributed by atoms with Crippen LogP contribution in [0.15, 0.2) is 78.0 Å². The van der Waals surface area contributed by atoms with E-state index in [-0.39, 0.29) is 24.0 Å². The van der Waals surface area contributed by atoms with Crippen molar-refractivity contribution in [2.45, 2.75) is 50.0 Å². The zero-order valence-corrected chi connectivity index (χ0v) is 19.3. The van der Waals surface area contributed by atoms with Crippen LogP contribution in [0.25, 0.3) is 0 Å². The number of carbonyl (C=O) groups excluding carboxylic acids is 1. The van der Waals surface area contributed by atoms with Gasteiger partial charge in [0.25, 0.3) is 0 Å². The summed E-state index contributed by atoms with van der Waals surface area (Å²) < 4.78 is 33.7. The van der Waals surface area contributed by atoms with E-state index in [1.54, 1.807) is 80.8 Å². The Labute approximate surface area is 193 Å². The molecule has 0 radical (unpaired) electrons. The number of aliphatic hydroxyl groups is 1. The molecule has 0 bridgehead atoms. The lowest BCUT2D eigenvalue weighted by Crippen LogP contribution is -2.48. The normalized spacial score (nSPS) is 19.8. The fourth-order valence-corrected chi connectivity index (χ4v) is 5.87. The highest BCUT2D eigenvalue weighted by molar-refractivity contribution is 7.89. The molecule has 0 saturated heterocycles. The molecule has 1 aliphatic heterocycles. The number of pyridine rings is 1. The molecule has 2 heterocycles. The number of ether oxygens (including phenoxy) is 1. The van der Waals surface area contributed by atoms with Crippen molar-refractivity contribution in [2.24, 2.45) is 0 Å². The van der Waals surface area contributed by atoms with Crippen molar-refractivity contribution in [1.29, 1.82) is 0 Å². The maximum atomic E-state index is 13.5. The first-order chi connectivity index (χ1) is 15.8. The molecule has 0 unspecified atom stereocenters. The summed E-state index contributed by atoms with van der Waals surface area (Å²) in [5, 5.41) is 11.2. The number of aromatic nitrogens is 1. The quantitative estimate of drug-likeness (QED) is 0.559. The van der Waals surface area contributed by atoms with E-state index in [0.29, 0.717) is 11.1 Å². The van der Waals surface area contributed by atoms with Crippen LogP contribution < -0.4 is 0 Å². The molecule has 172 valence electrons. The van der Waals surface area contributed by atoms with Crippen molar-refractivity contribution in [3.63, 3.8) is 0 Å². The standard InChI is InChI=1S/C25H26N2O5S/c1-17(2)32-25(29)20-9-7-18(8-10-20)15-22-24(28)21-5-3-4-6-23(21)33(30,31)27(22)16-19-11-13-26-14-12-19/h3-14,17,22,24,28H,15-16H2,1-2H3/t22-,24-/m1/s1. The van der Waals surface area contributed by atoms with E-state index < -0.39 is 28.1 Å². The van der Waals surface area contributed by atoms with Crippen LogP contribution in [0.2, 0.25) is 0 Å². The largest absolute Gasteiger partial charge is 0.459 e. The molecule has 8 heteroatoms. The molecule has 0 aliphatic carbocycles.